The maximum absolute atomic E-state index is 12.0. The Morgan fingerprint density at radius 3 is 2.65 bits per heavy atom. The highest BCUT2D eigenvalue weighted by atomic mass is 127. The molecule has 2 N–H and O–H groups in total. The molecule has 0 aromatic carbocycles. The van der Waals surface area contributed by atoms with Crippen LogP contribution in [0.3, 0.4) is 0 Å². The van der Waals surface area contributed by atoms with E-state index in [1.54, 1.807) is 30.7 Å². The lowest BCUT2D eigenvalue weighted by Crippen LogP contribution is -2.53. The van der Waals surface area contributed by atoms with Crippen molar-refractivity contribution >= 4 is 52.2 Å². The smallest absolute Gasteiger partial charge is 0.239 e. The van der Waals surface area contributed by atoms with Crippen molar-refractivity contribution < 1.29 is 9.21 Å². The molecule has 2 aromatic rings. The van der Waals surface area contributed by atoms with Crippen LogP contribution in [0, 0.1) is 0 Å². The first kappa shape index (κ1) is 20.6. The summed E-state index contributed by atoms with van der Waals surface area (Å²) in [6, 6.07) is 7.86. The summed E-state index contributed by atoms with van der Waals surface area (Å²) < 4.78 is 5.20. The van der Waals surface area contributed by atoms with Gasteiger partial charge in [-0.2, -0.15) is 0 Å². The van der Waals surface area contributed by atoms with Crippen molar-refractivity contribution in [1.29, 1.82) is 0 Å². The molecule has 3 rings (SSSR count). The Morgan fingerprint density at radius 2 is 2.04 bits per heavy atom. The molecule has 0 saturated carbocycles. The van der Waals surface area contributed by atoms with E-state index in [1.165, 1.54) is 5.00 Å². The van der Waals surface area contributed by atoms with E-state index in [-0.39, 0.29) is 36.4 Å². The van der Waals surface area contributed by atoms with Crippen LogP contribution in [-0.2, 0) is 11.3 Å². The van der Waals surface area contributed by atoms with Crippen molar-refractivity contribution in [2.24, 2.45) is 4.99 Å². The third kappa shape index (κ3) is 5.63. The number of hydrogen-bond donors (Lipinski definition) is 2. The van der Waals surface area contributed by atoms with Gasteiger partial charge >= 0.3 is 0 Å². The van der Waals surface area contributed by atoms with Crippen LogP contribution in [0.5, 0.6) is 0 Å². The minimum atomic E-state index is -0.0882. The highest BCUT2D eigenvalue weighted by molar-refractivity contribution is 14.0. The second-order valence-corrected chi connectivity index (χ2v) is 6.61. The Balaban J connectivity index is 0.00000243. The zero-order valence-electron chi connectivity index (χ0n) is 14.7. The highest BCUT2D eigenvalue weighted by Gasteiger charge is 2.20. The number of guanidine groups is 1. The number of rotatable bonds is 5. The highest BCUT2D eigenvalue weighted by Crippen LogP contribution is 2.22. The predicted octanol–water partition coefficient (Wildman–Crippen LogP) is 1.97. The fourth-order valence-corrected chi connectivity index (χ4v) is 3.53. The van der Waals surface area contributed by atoms with Gasteiger partial charge in [0.2, 0.25) is 5.91 Å². The molecule has 1 aliphatic rings. The summed E-state index contributed by atoms with van der Waals surface area (Å²) in [5, 5.41) is 9.36. The zero-order chi connectivity index (χ0) is 17.5. The number of thiophene rings is 1. The fourth-order valence-electron chi connectivity index (χ4n) is 2.74. The molecule has 1 amide bonds. The molecule has 0 unspecified atom stereocenters. The molecule has 26 heavy (non-hydrogen) atoms. The van der Waals surface area contributed by atoms with Crippen LogP contribution in [0.1, 0.15) is 5.76 Å². The van der Waals surface area contributed by atoms with E-state index in [9.17, 15) is 4.79 Å². The van der Waals surface area contributed by atoms with Gasteiger partial charge in [-0.15, -0.1) is 35.3 Å². The Morgan fingerprint density at radius 1 is 1.23 bits per heavy atom. The summed E-state index contributed by atoms with van der Waals surface area (Å²) in [6.45, 7) is 4.25. The van der Waals surface area contributed by atoms with Gasteiger partial charge < -0.3 is 24.9 Å². The number of carbonyl (C=O) groups is 1. The number of hydrogen-bond acceptors (Lipinski definition) is 5. The van der Waals surface area contributed by atoms with Crippen molar-refractivity contribution in [2.75, 3.05) is 44.7 Å². The number of furan rings is 1. The molecule has 0 radical (unpaired) electrons. The van der Waals surface area contributed by atoms with Crippen molar-refractivity contribution in [3.8, 4) is 0 Å². The van der Waals surface area contributed by atoms with E-state index in [2.05, 4.69) is 42.9 Å². The molecular formula is C17H24IN5O2S. The number of nitrogens with one attached hydrogen (secondary N) is 2. The standard InChI is InChI=1S/C17H23N5O2S.HI/c1-18-17(20-13-15(23)19-12-14-4-2-10-24-14)22-8-6-21(7-9-22)16-5-3-11-25-16;/h2-5,10-11H,6-9,12-13H2,1H3,(H,18,20)(H,19,23);1H. The lowest BCUT2D eigenvalue weighted by molar-refractivity contribution is -0.120. The normalized spacial score (nSPS) is 14.7. The SMILES string of the molecule is CN=C(NCC(=O)NCc1ccco1)N1CCN(c2cccs2)CC1.I. The van der Waals surface area contributed by atoms with Crippen molar-refractivity contribution in [1.82, 2.24) is 15.5 Å². The quantitative estimate of drug-likeness (QED) is 0.382. The van der Waals surface area contributed by atoms with Crippen LogP contribution in [-0.4, -0.2) is 56.5 Å². The van der Waals surface area contributed by atoms with Gasteiger partial charge in [-0.1, -0.05) is 0 Å². The summed E-state index contributed by atoms with van der Waals surface area (Å²) in [7, 11) is 1.74. The molecule has 0 atom stereocenters. The molecule has 9 heteroatoms. The molecular weight excluding hydrogens is 465 g/mol. The fraction of sp³-hybridized carbons (Fsp3) is 0.412. The average Bonchev–Trinajstić information content (AvgIpc) is 3.35. The third-order valence-corrected chi connectivity index (χ3v) is 4.98. The zero-order valence-corrected chi connectivity index (χ0v) is 17.8. The van der Waals surface area contributed by atoms with Crippen LogP contribution < -0.4 is 15.5 Å². The summed E-state index contributed by atoms with van der Waals surface area (Å²) in [5.74, 6) is 1.41. The molecule has 1 fully saturated rings. The Kier molecular flexibility index (Phi) is 8.23. The van der Waals surface area contributed by atoms with Gasteiger partial charge in [0.15, 0.2) is 5.96 Å². The minimum Gasteiger partial charge on any atom is -0.467 e. The number of amides is 1. The first-order valence-corrected chi connectivity index (χ1v) is 9.17. The second kappa shape index (κ2) is 10.4. The molecule has 1 saturated heterocycles. The van der Waals surface area contributed by atoms with Crippen LogP contribution in [0.4, 0.5) is 5.00 Å². The summed E-state index contributed by atoms with van der Waals surface area (Å²) in [4.78, 5) is 20.8. The molecule has 0 aliphatic carbocycles. The van der Waals surface area contributed by atoms with E-state index >= 15 is 0 Å². The molecule has 2 aromatic heterocycles. The molecule has 1 aliphatic heterocycles. The van der Waals surface area contributed by atoms with E-state index in [1.807, 2.05) is 6.07 Å². The van der Waals surface area contributed by atoms with E-state index in [0.29, 0.717) is 6.54 Å². The largest absolute Gasteiger partial charge is 0.467 e. The lowest BCUT2D eigenvalue weighted by atomic mass is 10.3. The second-order valence-electron chi connectivity index (χ2n) is 5.68. The first-order valence-electron chi connectivity index (χ1n) is 8.29. The number of anilines is 1. The first-order chi connectivity index (χ1) is 12.3. The van der Waals surface area contributed by atoms with E-state index in [4.69, 9.17) is 4.42 Å². The average molecular weight is 489 g/mol. The van der Waals surface area contributed by atoms with Gasteiger partial charge in [-0.25, -0.2) is 0 Å². The summed E-state index contributed by atoms with van der Waals surface area (Å²) >= 11 is 1.76. The van der Waals surface area contributed by atoms with E-state index < -0.39 is 0 Å². The molecule has 3 heterocycles. The van der Waals surface area contributed by atoms with Crippen molar-refractivity contribution in [2.45, 2.75) is 6.54 Å². The number of carbonyl (C=O) groups excluding carboxylic acids is 1. The summed E-state index contributed by atoms with van der Waals surface area (Å²) in [5.41, 5.74) is 0. The third-order valence-electron chi connectivity index (χ3n) is 4.06. The number of aliphatic imine (C=N–C) groups is 1. The Hall–Kier alpha value is -1.75. The Labute approximate surface area is 174 Å². The number of nitrogens with zero attached hydrogens (tertiary/aromatic N) is 3. The molecule has 142 valence electrons. The molecule has 7 nitrogen and oxygen atoms in total. The van der Waals surface area contributed by atoms with Crippen LogP contribution in [0.25, 0.3) is 0 Å². The van der Waals surface area contributed by atoms with E-state index in [0.717, 1.165) is 37.9 Å². The van der Waals surface area contributed by atoms with Crippen LogP contribution in [0.2, 0.25) is 0 Å². The Bertz CT molecular complexity index is 682. The van der Waals surface area contributed by atoms with Crippen molar-refractivity contribution in [3.05, 3.63) is 41.7 Å². The lowest BCUT2D eigenvalue weighted by Gasteiger charge is -2.36. The van der Waals surface area contributed by atoms with Gasteiger partial charge in [-0.3, -0.25) is 9.79 Å². The number of halogens is 1. The molecule has 0 spiro atoms. The predicted molar refractivity (Wildman–Crippen MR) is 115 cm³/mol. The molecule has 0 bridgehead atoms. The van der Waals surface area contributed by atoms with Crippen LogP contribution in [0.15, 0.2) is 45.3 Å². The van der Waals surface area contributed by atoms with Gasteiger partial charge in [0, 0.05) is 33.2 Å². The summed E-state index contributed by atoms with van der Waals surface area (Å²) in [6.07, 6.45) is 1.59. The van der Waals surface area contributed by atoms with Crippen LogP contribution >= 0.6 is 35.3 Å². The monoisotopic (exact) mass is 489 g/mol. The maximum Gasteiger partial charge on any atom is 0.239 e. The van der Waals surface area contributed by atoms with Crippen molar-refractivity contribution in [3.63, 3.8) is 0 Å². The number of piperazine rings is 1. The van der Waals surface area contributed by atoms with Gasteiger partial charge in [0.05, 0.1) is 24.4 Å². The van der Waals surface area contributed by atoms with Gasteiger partial charge in [-0.05, 0) is 29.6 Å². The topological polar surface area (TPSA) is 73.1 Å². The van der Waals surface area contributed by atoms with Gasteiger partial charge in [0.1, 0.15) is 5.76 Å². The van der Waals surface area contributed by atoms with Gasteiger partial charge in [0.25, 0.3) is 0 Å². The minimum absolute atomic E-state index is 0. The maximum atomic E-state index is 12.0.